The summed E-state index contributed by atoms with van der Waals surface area (Å²) in [5.74, 6) is 0.325. The average Bonchev–Trinajstić information content (AvgIpc) is 3.17. The molecule has 0 saturated carbocycles. The molecule has 2 rings (SSSR count). The lowest BCUT2D eigenvalue weighted by Gasteiger charge is -2.18. The number of nitriles is 1. The topological polar surface area (TPSA) is 101 Å². The third kappa shape index (κ3) is 5.69. The number of amides is 1. The molecule has 6 nitrogen and oxygen atoms in total. The Balaban J connectivity index is 2.09. The van der Waals surface area contributed by atoms with Crippen molar-refractivity contribution in [2.75, 3.05) is 13.2 Å². The second-order valence-corrected chi connectivity index (χ2v) is 6.46. The summed E-state index contributed by atoms with van der Waals surface area (Å²) in [6, 6.07) is 9.33. The number of ether oxygens (including phenoxy) is 1. The largest absolute Gasteiger partial charge is 0.494 e. The average molecular weight is 370 g/mol. The van der Waals surface area contributed by atoms with Crippen LogP contribution in [0.4, 0.5) is 0 Å². The Morgan fingerprint density at radius 2 is 2.38 bits per heavy atom. The van der Waals surface area contributed by atoms with Crippen molar-refractivity contribution in [1.29, 1.82) is 5.26 Å². The molecule has 2 aromatic rings. The van der Waals surface area contributed by atoms with E-state index in [0.717, 1.165) is 17.7 Å². The molecule has 136 valence electrons. The molecular weight excluding hydrogens is 348 g/mol. The molecule has 1 aromatic heterocycles. The lowest BCUT2D eigenvalue weighted by molar-refractivity contribution is -0.117. The van der Waals surface area contributed by atoms with Gasteiger partial charge in [-0.15, -0.1) is 11.3 Å². The van der Waals surface area contributed by atoms with Gasteiger partial charge in [0.2, 0.25) is 0 Å². The third-order valence-electron chi connectivity index (χ3n) is 3.68. The summed E-state index contributed by atoms with van der Waals surface area (Å²) in [5, 5.41) is 14.6. The second kappa shape index (κ2) is 10.3. The number of carbonyl (C=O) groups excluding carboxylic acids is 1. The lowest BCUT2D eigenvalue weighted by Crippen LogP contribution is -2.29. The smallest absolute Gasteiger partial charge is 0.262 e. The van der Waals surface area contributed by atoms with Gasteiger partial charge in [-0.2, -0.15) is 5.26 Å². The van der Waals surface area contributed by atoms with Crippen molar-refractivity contribution < 1.29 is 9.53 Å². The summed E-state index contributed by atoms with van der Waals surface area (Å²) >= 11 is 1.37. The van der Waals surface area contributed by atoms with Crippen LogP contribution in [0.25, 0.3) is 6.08 Å². The molecular formula is C19H22N4O2S. The Hall–Kier alpha value is -2.69. The summed E-state index contributed by atoms with van der Waals surface area (Å²) in [4.78, 5) is 16.5. The van der Waals surface area contributed by atoms with Crippen LogP contribution in [-0.4, -0.2) is 24.0 Å². The highest BCUT2D eigenvalue weighted by Gasteiger charge is 2.17. The first-order valence-electron chi connectivity index (χ1n) is 8.43. The third-order valence-corrected chi connectivity index (χ3v) is 4.40. The van der Waals surface area contributed by atoms with E-state index in [-0.39, 0.29) is 11.6 Å². The van der Waals surface area contributed by atoms with Crippen LogP contribution in [0.2, 0.25) is 0 Å². The van der Waals surface area contributed by atoms with Crippen LogP contribution in [0.3, 0.4) is 0 Å². The molecule has 0 aliphatic carbocycles. The van der Waals surface area contributed by atoms with Gasteiger partial charge in [-0.3, -0.25) is 4.79 Å². The maximum atomic E-state index is 12.5. The number of nitrogens with one attached hydrogen (secondary N) is 1. The normalized spacial score (nSPS) is 12.3. The van der Waals surface area contributed by atoms with Gasteiger partial charge in [0, 0.05) is 11.6 Å². The summed E-state index contributed by atoms with van der Waals surface area (Å²) in [5.41, 5.74) is 6.44. The molecule has 0 aliphatic rings. The minimum atomic E-state index is -0.413. The van der Waals surface area contributed by atoms with Gasteiger partial charge in [0.25, 0.3) is 5.91 Å². The van der Waals surface area contributed by atoms with Crippen LogP contribution >= 0.6 is 11.3 Å². The van der Waals surface area contributed by atoms with E-state index < -0.39 is 5.91 Å². The standard InChI is InChI=1S/C19H22N4O2S/c1-2-17(14-5-3-6-16(11-14)25-9-4-7-20)23-19(24)15(13-21)12-18-22-8-10-26-18/h3,5-6,8,10-12,17H,2,4,7,9,20H2,1H3,(H,23,24). The van der Waals surface area contributed by atoms with Gasteiger partial charge in [-0.05, 0) is 43.2 Å². The van der Waals surface area contributed by atoms with Crippen LogP contribution in [0.5, 0.6) is 5.75 Å². The fourth-order valence-electron chi connectivity index (χ4n) is 2.33. The molecule has 0 saturated heterocycles. The molecule has 1 atom stereocenters. The number of thiazole rings is 1. The Kier molecular flexibility index (Phi) is 7.80. The van der Waals surface area contributed by atoms with Gasteiger partial charge in [0.05, 0.1) is 12.6 Å². The summed E-state index contributed by atoms with van der Waals surface area (Å²) in [6.07, 6.45) is 4.60. The Morgan fingerprint density at radius 1 is 1.54 bits per heavy atom. The van der Waals surface area contributed by atoms with E-state index in [9.17, 15) is 10.1 Å². The molecule has 0 bridgehead atoms. The zero-order chi connectivity index (χ0) is 18.8. The van der Waals surface area contributed by atoms with Crippen LogP contribution in [-0.2, 0) is 4.79 Å². The highest BCUT2D eigenvalue weighted by molar-refractivity contribution is 7.10. The zero-order valence-electron chi connectivity index (χ0n) is 14.6. The van der Waals surface area contributed by atoms with Crippen LogP contribution < -0.4 is 15.8 Å². The lowest BCUT2D eigenvalue weighted by atomic mass is 10.0. The first kappa shape index (κ1) is 19.6. The maximum Gasteiger partial charge on any atom is 0.262 e. The van der Waals surface area contributed by atoms with Crippen molar-refractivity contribution in [3.8, 4) is 11.8 Å². The van der Waals surface area contributed by atoms with Crippen molar-refractivity contribution in [1.82, 2.24) is 10.3 Å². The zero-order valence-corrected chi connectivity index (χ0v) is 15.5. The summed E-state index contributed by atoms with van der Waals surface area (Å²) in [6.45, 7) is 3.11. The summed E-state index contributed by atoms with van der Waals surface area (Å²) < 4.78 is 5.66. The number of nitrogens with zero attached hydrogens (tertiary/aromatic N) is 2. The molecule has 7 heteroatoms. The minimum absolute atomic E-state index is 0.0359. The molecule has 26 heavy (non-hydrogen) atoms. The van der Waals surface area contributed by atoms with E-state index in [2.05, 4.69) is 10.3 Å². The van der Waals surface area contributed by atoms with E-state index in [1.54, 1.807) is 11.6 Å². The predicted molar refractivity (Wildman–Crippen MR) is 102 cm³/mol. The Bertz CT molecular complexity index is 781. The Labute approximate surface area is 157 Å². The van der Waals surface area contributed by atoms with Gasteiger partial charge in [-0.1, -0.05) is 19.1 Å². The molecule has 1 aromatic carbocycles. The van der Waals surface area contributed by atoms with Crippen molar-refractivity contribution in [3.63, 3.8) is 0 Å². The summed E-state index contributed by atoms with van der Waals surface area (Å²) in [7, 11) is 0. The van der Waals surface area contributed by atoms with Gasteiger partial charge < -0.3 is 15.8 Å². The van der Waals surface area contributed by atoms with Crippen LogP contribution in [0.1, 0.15) is 36.4 Å². The number of nitrogens with two attached hydrogens (primary N) is 1. The first-order valence-corrected chi connectivity index (χ1v) is 9.30. The van der Waals surface area contributed by atoms with Crippen LogP contribution in [0.15, 0.2) is 41.4 Å². The highest BCUT2D eigenvalue weighted by Crippen LogP contribution is 2.22. The van der Waals surface area contributed by atoms with Crippen molar-refractivity contribution in [2.45, 2.75) is 25.8 Å². The molecule has 0 aliphatic heterocycles. The van der Waals surface area contributed by atoms with Gasteiger partial charge in [0.15, 0.2) is 0 Å². The molecule has 0 radical (unpaired) electrons. The Morgan fingerprint density at radius 3 is 3.04 bits per heavy atom. The highest BCUT2D eigenvalue weighted by atomic mass is 32.1. The fraction of sp³-hybridized carbons (Fsp3) is 0.316. The number of benzene rings is 1. The first-order chi connectivity index (χ1) is 12.7. The number of rotatable bonds is 9. The fourth-order valence-corrected chi connectivity index (χ4v) is 2.90. The van der Waals surface area contributed by atoms with Gasteiger partial charge >= 0.3 is 0 Å². The van der Waals surface area contributed by atoms with E-state index in [0.29, 0.717) is 24.6 Å². The van der Waals surface area contributed by atoms with E-state index in [1.165, 1.54) is 17.4 Å². The maximum absolute atomic E-state index is 12.5. The molecule has 0 fully saturated rings. The van der Waals surface area contributed by atoms with Gasteiger partial charge in [-0.25, -0.2) is 4.98 Å². The minimum Gasteiger partial charge on any atom is -0.494 e. The monoisotopic (exact) mass is 370 g/mol. The molecule has 0 spiro atoms. The number of aromatic nitrogens is 1. The molecule has 1 amide bonds. The van der Waals surface area contributed by atoms with E-state index in [1.807, 2.05) is 37.3 Å². The van der Waals surface area contributed by atoms with Gasteiger partial charge in [0.1, 0.15) is 22.4 Å². The SMILES string of the molecule is CCC(NC(=O)C(C#N)=Cc1nccs1)c1cccc(OCCCN)c1. The second-order valence-electron chi connectivity index (χ2n) is 5.54. The molecule has 3 N–H and O–H groups in total. The molecule has 1 heterocycles. The number of hydrogen-bond acceptors (Lipinski definition) is 6. The van der Waals surface area contributed by atoms with Crippen molar-refractivity contribution >= 4 is 23.3 Å². The molecule has 1 unspecified atom stereocenters. The van der Waals surface area contributed by atoms with E-state index >= 15 is 0 Å². The predicted octanol–water partition coefficient (Wildman–Crippen LogP) is 3.05. The van der Waals surface area contributed by atoms with Crippen LogP contribution in [0, 0.1) is 11.3 Å². The quantitative estimate of drug-likeness (QED) is 0.401. The van der Waals surface area contributed by atoms with E-state index in [4.69, 9.17) is 10.5 Å². The van der Waals surface area contributed by atoms with Crippen molar-refractivity contribution in [2.24, 2.45) is 5.73 Å². The van der Waals surface area contributed by atoms with Crippen molar-refractivity contribution in [3.05, 3.63) is 52.0 Å². The number of hydrogen-bond donors (Lipinski definition) is 2. The number of carbonyl (C=O) groups is 1.